The molecule has 1 N–H and O–H groups in total. The molecule has 6 nitrogen and oxygen atoms in total. The number of hydrogen-bond donors (Lipinski definition) is 1. The molecule has 0 unspecified atom stereocenters. The van der Waals surface area contributed by atoms with Crippen LogP contribution in [0.2, 0.25) is 0 Å². The number of carbonyl (C=O) groups excluding carboxylic acids is 1. The summed E-state index contributed by atoms with van der Waals surface area (Å²) in [4.78, 5) is 11.4. The van der Waals surface area contributed by atoms with E-state index in [1.54, 1.807) is 0 Å². The average Bonchev–Trinajstić information content (AvgIpc) is 3.11. The number of carbonyl (C=O) groups is 1. The summed E-state index contributed by atoms with van der Waals surface area (Å²) in [6, 6.07) is 0. The summed E-state index contributed by atoms with van der Waals surface area (Å²) < 4.78 is 22.1. The topological polar surface area (TPSA) is 74.2 Å². The Morgan fingerprint density at radius 3 is 1.66 bits per heavy atom. The SMILES string of the molecule is CCCCCCCCCCCCCCCCCCO[C@H]1[C@H](OC)O[C@H](CO)[C@@H]1OC(C)=O. The maximum Gasteiger partial charge on any atom is 0.303 e. The first-order valence-corrected chi connectivity index (χ1v) is 13.2. The number of methoxy groups -OCH3 is 1. The van der Waals surface area contributed by atoms with Crippen molar-refractivity contribution < 1.29 is 28.8 Å². The lowest BCUT2D eigenvalue weighted by atomic mass is 10.0. The van der Waals surface area contributed by atoms with Gasteiger partial charge in [0, 0.05) is 20.6 Å². The lowest BCUT2D eigenvalue weighted by molar-refractivity contribution is -0.168. The van der Waals surface area contributed by atoms with Crippen LogP contribution in [-0.4, -0.2) is 56.0 Å². The molecule has 0 aromatic rings. The zero-order chi connectivity index (χ0) is 23.4. The van der Waals surface area contributed by atoms with Gasteiger partial charge in [-0.05, 0) is 6.42 Å². The molecule has 6 heteroatoms. The molecule has 0 radical (unpaired) electrons. The van der Waals surface area contributed by atoms with Crippen molar-refractivity contribution in [1.82, 2.24) is 0 Å². The van der Waals surface area contributed by atoms with Gasteiger partial charge in [0.15, 0.2) is 12.4 Å². The number of hydrogen-bond acceptors (Lipinski definition) is 6. The minimum absolute atomic E-state index is 0.239. The molecule has 1 fully saturated rings. The molecule has 0 saturated carbocycles. The van der Waals surface area contributed by atoms with Crippen molar-refractivity contribution in [1.29, 1.82) is 0 Å². The Morgan fingerprint density at radius 2 is 1.25 bits per heavy atom. The van der Waals surface area contributed by atoms with E-state index >= 15 is 0 Å². The van der Waals surface area contributed by atoms with Gasteiger partial charge in [0.25, 0.3) is 0 Å². The lowest BCUT2D eigenvalue weighted by Crippen LogP contribution is -2.40. The molecule has 0 aromatic heterocycles. The molecular formula is C26H50O6. The number of unbranched alkanes of at least 4 members (excludes halogenated alkanes) is 15. The van der Waals surface area contributed by atoms with Crippen molar-refractivity contribution in [2.75, 3.05) is 20.3 Å². The molecule has 32 heavy (non-hydrogen) atoms. The average molecular weight is 459 g/mol. The van der Waals surface area contributed by atoms with E-state index in [9.17, 15) is 9.90 Å². The van der Waals surface area contributed by atoms with Crippen LogP contribution in [0.25, 0.3) is 0 Å². The van der Waals surface area contributed by atoms with Gasteiger partial charge in [0.1, 0.15) is 12.2 Å². The van der Waals surface area contributed by atoms with E-state index in [2.05, 4.69) is 6.92 Å². The van der Waals surface area contributed by atoms with Gasteiger partial charge in [-0.3, -0.25) is 4.79 Å². The van der Waals surface area contributed by atoms with Gasteiger partial charge in [0.2, 0.25) is 0 Å². The quantitative estimate of drug-likeness (QED) is 0.170. The number of rotatable bonds is 21. The number of ether oxygens (including phenoxy) is 4. The summed E-state index contributed by atoms with van der Waals surface area (Å²) in [6.07, 6.45) is 18.9. The highest BCUT2D eigenvalue weighted by molar-refractivity contribution is 5.66. The van der Waals surface area contributed by atoms with Gasteiger partial charge in [0.05, 0.1) is 6.61 Å². The Balaban J connectivity index is 1.97. The second kappa shape index (κ2) is 19.7. The Bertz CT molecular complexity index is 444. The summed E-state index contributed by atoms with van der Waals surface area (Å²) in [5.41, 5.74) is 0. The summed E-state index contributed by atoms with van der Waals surface area (Å²) in [5, 5.41) is 9.47. The van der Waals surface area contributed by atoms with E-state index in [0.29, 0.717) is 6.61 Å². The van der Waals surface area contributed by atoms with Gasteiger partial charge < -0.3 is 24.1 Å². The molecule has 1 aliphatic heterocycles. The first kappa shape index (κ1) is 29.3. The molecule has 0 amide bonds. The Hall–Kier alpha value is -0.690. The number of aliphatic hydroxyl groups is 1. The highest BCUT2D eigenvalue weighted by Gasteiger charge is 2.47. The third-order valence-corrected chi connectivity index (χ3v) is 6.29. The number of esters is 1. The largest absolute Gasteiger partial charge is 0.457 e. The van der Waals surface area contributed by atoms with Crippen LogP contribution in [0.5, 0.6) is 0 Å². The molecule has 0 spiro atoms. The van der Waals surface area contributed by atoms with Crippen molar-refractivity contribution in [3.05, 3.63) is 0 Å². The van der Waals surface area contributed by atoms with Crippen LogP contribution >= 0.6 is 0 Å². The minimum atomic E-state index is -0.636. The Kier molecular flexibility index (Phi) is 18.1. The fourth-order valence-electron chi connectivity index (χ4n) is 4.41. The normalized spacial score (nSPS) is 23.0. The first-order valence-electron chi connectivity index (χ1n) is 13.2. The smallest absolute Gasteiger partial charge is 0.303 e. The van der Waals surface area contributed by atoms with Crippen LogP contribution in [0.15, 0.2) is 0 Å². The van der Waals surface area contributed by atoms with Crippen LogP contribution < -0.4 is 0 Å². The maximum absolute atomic E-state index is 11.4. The molecule has 1 rings (SSSR count). The van der Waals surface area contributed by atoms with Crippen molar-refractivity contribution in [3.63, 3.8) is 0 Å². The Labute approximate surface area is 196 Å². The molecule has 0 bridgehead atoms. The van der Waals surface area contributed by atoms with Crippen molar-refractivity contribution in [2.24, 2.45) is 0 Å². The maximum atomic E-state index is 11.4. The first-order chi connectivity index (χ1) is 15.6. The fraction of sp³-hybridized carbons (Fsp3) is 0.962. The second-order valence-corrected chi connectivity index (χ2v) is 9.17. The van der Waals surface area contributed by atoms with Crippen molar-refractivity contribution in [3.8, 4) is 0 Å². The predicted molar refractivity (Wildman–Crippen MR) is 128 cm³/mol. The van der Waals surface area contributed by atoms with Gasteiger partial charge >= 0.3 is 5.97 Å². The van der Waals surface area contributed by atoms with Crippen LogP contribution in [0, 0.1) is 0 Å². The summed E-state index contributed by atoms with van der Waals surface area (Å²) in [5.74, 6) is -0.412. The van der Waals surface area contributed by atoms with E-state index in [-0.39, 0.29) is 6.61 Å². The zero-order valence-electron chi connectivity index (χ0n) is 21.0. The molecule has 0 aromatic carbocycles. The fourth-order valence-corrected chi connectivity index (χ4v) is 4.41. The van der Waals surface area contributed by atoms with E-state index in [1.165, 1.54) is 104 Å². The van der Waals surface area contributed by atoms with Crippen LogP contribution in [0.4, 0.5) is 0 Å². The highest BCUT2D eigenvalue weighted by Crippen LogP contribution is 2.27. The zero-order valence-corrected chi connectivity index (χ0v) is 21.0. The third-order valence-electron chi connectivity index (χ3n) is 6.29. The summed E-state index contributed by atoms with van der Waals surface area (Å²) in [6.45, 7) is 3.95. The van der Waals surface area contributed by atoms with E-state index < -0.39 is 30.6 Å². The van der Waals surface area contributed by atoms with Gasteiger partial charge in [-0.2, -0.15) is 0 Å². The van der Waals surface area contributed by atoms with E-state index in [0.717, 1.165) is 12.8 Å². The molecule has 1 aliphatic rings. The molecule has 1 heterocycles. The van der Waals surface area contributed by atoms with E-state index in [1.807, 2.05) is 0 Å². The van der Waals surface area contributed by atoms with Crippen molar-refractivity contribution in [2.45, 2.75) is 141 Å². The van der Waals surface area contributed by atoms with Gasteiger partial charge in [-0.25, -0.2) is 0 Å². The van der Waals surface area contributed by atoms with Crippen LogP contribution in [0.1, 0.15) is 117 Å². The number of aliphatic hydroxyl groups excluding tert-OH is 1. The third kappa shape index (κ3) is 13.1. The van der Waals surface area contributed by atoms with Gasteiger partial charge in [-0.1, -0.05) is 103 Å². The summed E-state index contributed by atoms with van der Waals surface area (Å²) in [7, 11) is 1.53. The van der Waals surface area contributed by atoms with Gasteiger partial charge in [-0.15, -0.1) is 0 Å². The molecular weight excluding hydrogens is 408 g/mol. The van der Waals surface area contributed by atoms with E-state index in [4.69, 9.17) is 18.9 Å². The minimum Gasteiger partial charge on any atom is -0.457 e. The molecule has 190 valence electrons. The lowest BCUT2D eigenvalue weighted by Gasteiger charge is -2.23. The monoisotopic (exact) mass is 458 g/mol. The Morgan fingerprint density at radius 1 is 0.781 bits per heavy atom. The second-order valence-electron chi connectivity index (χ2n) is 9.17. The predicted octanol–water partition coefficient (Wildman–Crippen LogP) is 5.93. The van der Waals surface area contributed by atoms with Crippen molar-refractivity contribution >= 4 is 5.97 Å². The molecule has 0 aliphatic carbocycles. The molecule has 4 atom stereocenters. The summed E-state index contributed by atoms with van der Waals surface area (Å²) >= 11 is 0. The molecule has 1 saturated heterocycles. The van der Waals surface area contributed by atoms with Crippen LogP contribution in [0.3, 0.4) is 0 Å². The highest BCUT2D eigenvalue weighted by atomic mass is 16.7. The standard InChI is InChI=1S/C26H50O6/c1-4-5-6-7-8-9-10-11-12-13-14-15-16-17-18-19-20-30-25-24(31-22(2)28)23(21-27)32-26(25)29-3/h23-27H,4-21H2,1-3H3/t23-,24+,25-,26-/m1/s1. The van der Waals surface area contributed by atoms with Crippen LogP contribution in [-0.2, 0) is 23.7 Å².